The molecule has 0 saturated carbocycles. The maximum atomic E-state index is 11.1. The van der Waals surface area contributed by atoms with Crippen molar-refractivity contribution in [1.29, 1.82) is 0 Å². The first-order chi connectivity index (χ1) is 5.74. The minimum Gasteiger partial charge on any atom is -0.449 e. The first-order valence-corrected chi connectivity index (χ1v) is 3.67. The van der Waals surface area contributed by atoms with Gasteiger partial charge < -0.3 is 9.47 Å². The number of ether oxygens (including phenoxy) is 2. The van der Waals surface area contributed by atoms with Gasteiger partial charge in [-0.3, -0.25) is 4.79 Å². The monoisotopic (exact) mass is 170 g/mol. The Morgan fingerprint density at radius 1 is 1.75 bits per heavy atom. The topological polar surface area (TPSA) is 52.6 Å². The quantitative estimate of drug-likeness (QED) is 0.435. The van der Waals surface area contributed by atoms with Crippen LogP contribution in [-0.4, -0.2) is 31.1 Å². The number of hydrogen-bond donors (Lipinski definition) is 0. The smallest absolute Gasteiger partial charge is 0.330 e. The molecule has 0 aromatic carbocycles. The molecule has 1 heterocycles. The number of ketones is 1. The molecule has 0 radical (unpaired) electrons. The summed E-state index contributed by atoms with van der Waals surface area (Å²) in [5.74, 6) is -0.671. The van der Waals surface area contributed by atoms with Gasteiger partial charge in [0.25, 0.3) is 0 Å². The second-order valence-electron chi connectivity index (χ2n) is 2.42. The summed E-state index contributed by atoms with van der Waals surface area (Å²) in [6, 6.07) is 0. The van der Waals surface area contributed by atoms with E-state index in [9.17, 15) is 9.59 Å². The molecule has 1 saturated heterocycles. The van der Waals surface area contributed by atoms with E-state index in [1.807, 2.05) is 0 Å². The molecule has 0 aromatic rings. The minimum absolute atomic E-state index is 0.0866. The fourth-order valence-corrected chi connectivity index (χ4v) is 0.905. The molecular weight excluding hydrogens is 160 g/mol. The predicted octanol–water partition coefficient (Wildman–Crippen LogP) is 0.0736. The summed E-state index contributed by atoms with van der Waals surface area (Å²) in [6.45, 7) is 3.81. The van der Waals surface area contributed by atoms with Crippen LogP contribution >= 0.6 is 0 Å². The highest BCUT2D eigenvalue weighted by Gasteiger charge is 2.25. The highest BCUT2D eigenvalue weighted by Crippen LogP contribution is 2.06. The van der Waals surface area contributed by atoms with Gasteiger partial charge in [0.15, 0.2) is 11.9 Å². The molecule has 4 nitrogen and oxygen atoms in total. The number of carbonyl (C=O) groups is 2. The van der Waals surface area contributed by atoms with Crippen molar-refractivity contribution in [2.24, 2.45) is 0 Å². The Hall–Kier alpha value is -1.16. The molecule has 12 heavy (non-hydrogen) atoms. The van der Waals surface area contributed by atoms with E-state index in [1.54, 1.807) is 0 Å². The van der Waals surface area contributed by atoms with Crippen LogP contribution < -0.4 is 0 Å². The van der Waals surface area contributed by atoms with Crippen molar-refractivity contribution in [3.8, 4) is 0 Å². The number of rotatable bonds is 2. The molecule has 0 spiro atoms. The van der Waals surface area contributed by atoms with Gasteiger partial charge in [-0.2, -0.15) is 0 Å². The normalized spacial score (nSPS) is 23.3. The van der Waals surface area contributed by atoms with Crippen molar-refractivity contribution in [2.75, 3.05) is 13.2 Å². The van der Waals surface area contributed by atoms with Crippen LogP contribution in [0.1, 0.15) is 6.42 Å². The van der Waals surface area contributed by atoms with Crippen LogP contribution in [0.4, 0.5) is 0 Å². The van der Waals surface area contributed by atoms with E-state index in [0.29, 0.717) is 13.0 Å². The molecule has 0 bridgehead atoms. The van der Waals surface area contributed by atoms with Crippen molar-refractivity contribution >= 4 is 11.8 Å². The molecule has 1 fully saturated rings. The van der Waals surface area contributed by atoms with Crippen LogP contribution in [0.25, 0.3) is 0 Å². The van der Waals surface area contributed by atoms with E-state index in [0.717, 1.165) is 6.08 Å². The molecule has 1 atom stereocenters. The summed E-state index contributed by atoms with van der Waals surface area (Å²) in [6.07, 6.45) is 0.612. The van der Waals surface area contributed by atoms with Gasteiger partial charge in [0.1, 0.15) is 0 Å². The second-order valence-corrected chi connectivity index (χ2v) is 2.42. The molecule has 4 heteroatoms. The average Bonchev–Trinajstić information content (AvgIpc) is 2.09. The summed E-state index contributed by atoms with van der Waals surface area (Å²) in [4.78, 5) is 21.7. The number of hydrogen-bond acceptors (Lipinski definition) is 4. The van der Waals surface area contributed by atoms with Gasteiger partial charge in [0.2, 0.25) is 0 Å². The summed E-state index contributed by atoms with van der Waals surface area (Å²) >= 11 is 0. The Labute approximate surface area is 70.1 Å². The molecule has 0 N–H and O–H groups in total. The Morgan fingerprint density at radius 2 is 2.50 bits per heavy atom. The second kappa shape index (κ2) is 4.01. The van der Waals surface area contributed by atoms with Crippen molar-refractivity contribution in [3.63, 3.8) is 0 Å². The van der Waals surface area contributed by atoms with E-state index < -0.39 is 12.1 Å². The largest absolute Gasteiger partial charge is 0.449 e. The van der Waals surface area contributed by atoms with E-state index in [2.05, 4.69) is 6.58 Å². The molecule has 1 aliphatic rings. The summed E-state index contributed by atoms with van der Waals surface area (Å²) in [7, 11) is 0. The maximum Gasteiger partial charge on any atom is 0.330 e. The number of esters is 1. The first-order valence-electron chi connectivity index (χ1n) is 3.67. The van der Waals surface area contributed by atoms with Crippen LogP contribution in [0.15, 0.2) is 12.7 Å². The van der Waals surface area contributed by atoms with Gasteiger partial charge in [-0.15, -0.1) is 0 Å². The molecule has 0 amide bonds. The zero-order valence-corrected chi connectivity index (χ0v) is 6.62. The van der Waals surface area contributed by atoms with Crippen LogP contribution in [0.3, 0.4) is 0 Å². The number of Topliss-reactive ketones (excluding diaryl/α,β-unsaturated/α-hetero) is 1. The van der Waals surface area contributed by atoms with Crippen molar-refractivity contribution in [2.45, 2.75) is 12.5 Å². The lowest BCUT2D eigenvalue weighted by Crippen LogP contribution is -2.36. The molecule has 1 unspecified atom stereocenters. The fraction of sp³-hybridized carbons (Fsp3) is 0.500. The Morgan fingerprint density at radius 3 is 3.08 bits per heavy atom. The standard InChI is InChI=1S/C8H10O4/c1-2-8(10)12-7-5-11-4-3-6(7)9/h2,7H,1,3-5H2. The lowest BCUT2D eigenvalue weighted by Gasteiger charge is -2.20. The molecule has 1 aliphatic heterocycles. The van der Waals surface area contributed by atoms with Crippen molar-refractivity contribution in [3.05, 3.63) is 12.7 Å². The zero-order chi connectivity index (χ0) is 8.97. The summed E-state index contributed by atoms with van der Waals surface area (Å²) < 4.78 is 9.69. The van der Waals surface area contributed by atoms with Crippen LogP contribution in [0.2, 0.25) is 0 Å². The van der Waals surface area contributed by atoms with E-state index in [-0.39, 0.29) is 12.4 Å². The highest BCUT2D eigenvalue weighted by molar-refractivity contribution is 5.88. The summed E-state index contributed by atoms with van der Waals surface area (Å²) in [5.41, 5.74) is 0. The van der Waals surface area contributed by atoms with Gasteiger partial charge in [0.05, 0.1) is 13.2 Å². The van der Waals surface area contributed by atoms with Crippen LogP contribution in [-0.2, 0) is 19.1 Å². The third-order valence-electron chi connectivity index (χ3n) is 1.55. The Balaban J connectivity index is 2.44. The molecule has 0 aromatic heterocycles. The Kier molecular flexibility index (Phi) is 2.99. The van der Waals surface area contributed by atoms with Gasteiger partial charge >= 0.3 is 5.97 Å². The number of carbonyl (C=O) groups excluding carboxylic acids is 2. The van der Waals surface area contributed by atoms with E-state index in [1.165, 1.54) is 0 Å². The fourth-order valence-electron chi connectivity index (χ4n) is 0.905. The molecule has 1 rings (SSSR count). The Bertz CT molecular complexity index is 209. The van der Waals surface area contributed by atoms with Crippen molar-refractivity contribution in [1.82, 2.24) is 0 Å². The average molecular weight is 170 g/mol. The molecule has 66 valence electrons. The van der Waals surface area contributed by atoms with Crippen molar-refractivity contribution < 1.29 is 19.1 Å². The summed E-state index contributed by atoms with van der Waals surface area (Å²) in [5, 5.41) is 0. The lowest BCUT2D eigenvalue weighted by molar-refractivity contribution is -0.158. The van der Waals surface area contributed by atoms with E-state index >= 15 is 0 Å². The molecular formula is C8H10O4. The minimum atomic E-state index is -0.732. The predicted molar refractivity (Wildman–Crippen MR) is 40.5 cm³/mol. The maximum absolute atomic E-state index is 11.1. The third-order valence-corrected chi connectivity index (χ3v) is 1.55. The zero-order valence-electron chi connectivity index (χ0n) is 6.62. The van der Waals surface area contributed by atoms with Gasteiger partial charge in [0, 0.05) is 12.5 Å². The van der Waals surface area contributed by atoms with Gasteiger partial charge in [-0.05, 0) is 0 Å². The van der Waals surface area contributed by atoms with Gasteiger partial charge in [-0.25, -0.2) is 4.79 Å². The van der Waals surface area contributed by atoms with Gasteiger partial charge in [-0.1, -0.05) is 6.58 Å². The van der Waals surface area contributed by atoms with Crippen LogP contribution in [0.5, 0.6) is 0 Å². The SMILES string of the molecule is C=CC(=O)OC1COCCC1=O. The third kappa shape index (κ3) is 2.17. The first kappa shape index (κ1) is 8.93. The van der Waals surface area contributed by atoms with E-state index in [4.69, 9.17) is 9.47 Å². The highest BCUT2D eigenvalue weighted by atomic mass is 16.6. The molecule has 0 aliphatic carbocycles. The lowest BCUT2D eigenvalue weighted by atomic mass is 10.1. The van der Waals surface area contributed by atoms with Crippen LogP contribution in [0, 0.1) is 0 Å².